The summed E-state index contributed by atoms with van der Waals surface area (Å²) >= 11 is 1.65. The predicted molar refractivity (Wildman–Crippen MR) is 124 cm³/mol. The van der Waals surface area contributed by atoms with Crippen LogP contribution in [0.5, 0.6) is 0 Å². The first kappa shape index (κ1) is 19.5. The van der Waals surface area contributed by atoms with Crippen molar-refractivity contribution in [1.82, 2.24) is 9.88 Å². The Morgan fingerprint density at radius 2 is 1.68 bits per heavy atom. The minimum absolute atomic E-state index is 0.0931. The van der Waals surface area contributed by atoms with Crippen LogP contribution in [0, 0.1) is 0 Å². The summed E-state index contributed by atoms with van der Waals surface area (Å²) in [7, 11) is 0. The molecule has 1 fully saturated rings. The molecule has 5 nitrogen and oxygen atoms in total. The molecular weight excluding hydrogens is 406 g/mol. The van der Waals surface area contributed by atoms with Crippen LogP contribution in [0.25, 0.3) is 20.8 Å². The lowest BCUT2D eigenvalue weighted by molar-refractivity contribution is -0.119. The highest BCUT2D eigenvalue weighted by molar-refractivity contribution is 7.21. The number of rotatable bonds is 4. The number of aromatic nitrogens is 1. The second kappa shape index (κ2) is 8.32. The van der Waals surface area contributed by atoms with Crippen molar-refractivity contribution in [2.75, 3.05) is 11.9 Å². The number of nitrogens with one attached hydrogen (secondary N) is 1. The maximum atomic E-state index is 12.9. The van der Waals surface area contributed by atoms with Gasteiger partial charge in [0.05, 0.1) is 10.2 Å². The average molecular weight is 428 g/mol. The van der Waals surface area contributed by atoms with Crippen LogP contribution in [0.3, 0.4) is 0 Å². The van der Waals surface area contributed by atoms with Gasteiger partial charge in [-0.1, -0.05) is 30.3 Å². The summed E-state index contributed by atoms with van der Waals surface area (Å²) in [5, 5.41) is 3.93. The number of benzene rings is 3. The van der Waals surface area contributed by atoms with Crippen LogP contribution < -0.4 is 5.32 Å². The van der Waals surface area contributed by atoms with Crippen molar-refractivity contribution in [2.24, 2.45) is 0 Å². The molecule has 5 rings (SSSR count). The lowest BCUT2D eigenvalue weighted by atomic mass is 10.1. The Morgan fingerprint density at radius 1 is 0.935 bits per heavy atom. The van der Waals surface area contributed by atoms with Crippen molar-refractivity contribution in [3.8, 4) is 10.6 Å². The van der Waals surface area contributed by atoms with Crippen molar-refractivity contribution in [3.63, 3.8) is 0 Å². The third-order valence-electron chi connectivity index (χ3n) is 5.53. The molecule has 1 aliphatic rings. The first-order valence-corrected chi connectivity index (χ1v) is 11.1. The zero-order chi connectivity index (χ0) is 21.2. The molecule has 154 valence electrons. The van der Waals surface area contributed by atoms with Gasteiger partial charge in [-0.3, -0.25) is 9.59 Å². The maximum Gasteiger partial charge on any atom is 0.254 e. The molecule has 0 aliphatic carbocycles. The number of carbonyl (C=O) groups is 2. The van der Waals surface area contributed by atoms with Gasteiger partial charge in [-0.05, 0) is 61.4 Å². The summed E-state index contributed by atoms with van der Waals surface area (Å²) < 4.78 is 1.15. The lowest BCUT2D eigenvalue weighted by Gasteiger charge is -2.24. The molecular formula is C25H21N3O2S. The number of fused-ring (bicyclic) bond motifs is 1. The molecule has 31 heavy (non-hydrogen) atoms. The fourth-order valence-electron chi connectivity index (χ4n) is 3.95. The smallest absolute Gasteiger partial charge is 0.254 e. The van der Waals surface area contributed by atoms with E-state index in [1.54, 1.807) is 28.4 Å². The molecule has 0 radical (unpaired) electrons. The van der Waals surface area contributed by atoms with E-state index in [1.165, 1.54) is 0 Å². The van der Waals surface area contributed by atoms with Crippen LogP contribution >= 0.6 is 11.3 Å². The molecule has 1 aromatic heterocycles. The quantitative estimate of drug-likeness (QED) is 0.486. The number of amides is 2. The monoisotopic (exact) mass is 427 g/mol. The number of likely N-dealkylation sites (tertiary alicyclic amines) is 1. The summed E-state index contributed by atoms with van der Waals surface area (Å²) in [5.41, 5.74) is 3.33. The minimum Gasteiger partial charge on any atom is -0.327 e. The van der Waals surface area contributed by atoms with Gasteiger partial charge in [0.15, 0.2) is 0 Å². The fourth-order valence-corrected chi connectivity index (χ4v) is 4.92. The number of carbonyl (C=O) groups excluding carboxylic acids is 2. The van der Waals surface area contributed by atoms with E-state index in [1.807, 2.05) is 60.7 Å². The van der Waals surface area contributed by atoms with Crippen molar-refractivity contribution < 1.29 is 9.59 Å². The Hall–Kier alpha value is -3.51. The zero-order valence-corrected chi connectivity index (χ0v) is 17.6. The summed E-state index contributed by atoms with van der Waals surface area (Å²) in [6.07, 6.45) is 1.50. The van der Waals surface area contributed by atoms with E-state index >= 15 is 0 Å². The largest absolute Gasteiger partial charge is 0.327 e. The maximum absolute atomic E-state index is 12.9. The summed E-state index contributed by atoms with van der Waals surface area (Å²) in [6, 6.07) is 24.5. The molecule has 6 heteroatoms. The second-order valence-corrected chi connectivity index (χ2v) is 8.61. The molecule has 1 atom stereocenters. The molecule has 3 aromatic carbocycles. The Kier molecular flexibility index (Phi) is 5.22. The summed E-state index contributed by atoms with van der Waals surface area (Å²) in [4.78, 5) is 32.1. The van der Waals surface area contributed by atoms with Crippen molar-refractivity contribution >= 4 is 39.1 Å². The van der Waals surface area contributed by atoms with Crippen molar-refractivity contribution in [3.05, 3.63) is 84.4 Å². The van der Waals surface area contributed by atoms with E-state index < -0.39 is 6.04 Å². The van der Waals surface area contributed by atoms with Gasteiger partial charge in [-0.2, -0.15) is 0 Å². The van der Waals surface area contributed by atoms with Crippen molar-refractivity contribution in [2.45, 2.75) is 18.9 Å². The van der Waals surface area contributed by atoms with Gasteiger partial charge in [0, 0.05) is 23.4 Å². The van der Waals surface area contributed by atoms with Crippen LogP contribution in [0.1, 0.15) is 23.2 Å². The van der Waals surface area contributed by atoms with Gasteiger partial charge in [-0.15, -0.1) is 11.3 Å². The van der Waals surface area contributed by atoms with Gasteiger partial charge < -0.3 is 10.2 Å². The Bertz CT molecular complexity index is 1200. The van der Waals surface area contributed by atoms with Gasteiger partial charge in [-0.25, -0.2) is 4.98 Å². The molecule has 0 bridgehead atoms. The van der Waals surface area contributed by atoms with Gasteiger partial charge in [0.1, 0.15) is 11.0 Å². The highest BCUT2D eigenvalue weighted by Gasteiger charge is 2.34. The Balaban J connectivity index is 1.29. The van der Waals surface area contributed by atoms with Crippen LogP contribution in [0.15, 0.2) is 78.9 Å². The number of anilines is 1. The molecule has 1 unspecified atom stereocenters. The normalized spacial score (nSPS) is 15.9. The van der Waals surface area contributed by atoms with E-state index in [2.05, 4.69) is 16.4 Å². The number of nitrogens with zero attached hydrogens (tertiary/aromatic N) is 2. The second-order valence-electron chi connectivity index (χ2n) is 7.58. The molecule has 1 saturated heterocycles. The number of hydrogen-bond acceptors (Lipinski definition) is 4. The third-order valence-corrected chi connectivity index (χ3v) is 6.62. The Morgan fingerprint density at radius 3 is 2.45 bits per heavy atom. The molecule has 4 aromatic rings. The molecule has 0 spiro atoms. The number of para-hydroxylation sites is 1. The van der Waals surface area contributed by atoms with Gasteiger partial charge in [0.2, 0.25) is 5.91 Å². The molecule has 2 amide bonds. The highest BCUT2D eigenvalue weighted by Crippen LogP contribution is 2.30. The van der Waals surface area contributed by atoms with Crippen LogP contribution in [0.2, 0.25) is 0 Å². The van der Waals surface area contributed by atoms with E-state index in [0.29, 0.717) is 24.2 Å². The molecule has 0 saturated carbocycles. The fraction of sp³-hybridized carbons (Fsp3) is 0.160. The lowest BCUT2D eigenvalue weighted by Crippen LogP contribution is -2.43. The first-order chi connectivity index (χ1) is 15.2. The van der Waals surface area contributed by atoms with Crippen LogP contribution in [-0.2, 0) is 4.79 Å². The molecule has 1 aliphatic heterocycles. The number of thiazole rings is 1. The van der Waals surface area contributed by atoms with E-state index in [4.69, 9.17) is 0 Å². The Labute approximate surface area is 184 Å². The summed E-state index contributed by atoms with van der Waals surface area (Å²) in [5.74, 6) is -0.237. The minimum atomic E-state index is -0.448. The van der Waals surface area contributed by atoms with Gasteiger partial charge in [0.25, 0.3) is 5.91 Å². The topological polar surface area (TPSA) is 62.3 Å². The van der Waals surface area contributed by atoms with Gasteiger partial charge >= 0.3 is 0 Å². The number of hydrogen-bond donors (Lipinski definition) is 1. The SMILES string of the molecule is O=C(Nc1ccc(-c2nc3ccccc3s2)cc1)C1CCCN1C(=O)c1ccccc1. The van der Waals surface area contributed by atoms with Crippen LogP contribution in [0.4, 0.5) is 5.69 Å². The van der Waals surface area contributed by atoms with Crippen LogP contribution in [-0.4, -0.2) is 34.3 Å². The average Bonchev–Trinajstić information content (AvgIpc) is 3.47. The molecule has 1 N–H and O–H groups in total. The predicted octanol–water partition coefficient (Wildman–Crippen LogP) is 5.21. The van der Waals surface area contributed by atoms with E-state index in [-0.39, 0.29) is 11.8 Å². The standard InChI is InChI=1S/C25H21N3O2S/c29-23(21-10-6-16-28(21)25(30)18-7-2-1-3-8-18)26-19-14-12-17(13-15-19)24-27-20-9-4-5-11-22(20)31-24/h1-5,7-9,11-15,21H,6,10,16H2,(H,26,29). The van der Waals surface area contributed by atoms with E-state index in [9.17, 15) is 9.59 Å². The third kappa shape index (κ3) is 3.94. The first-order valence-electron chi connectivity index (χ1n) is 10.3. The van der Waals surface area contributed by atoms with Crippen molar-refractivity contribution in [1.29, 1.82) is 0 Å². The van der Waals surface area contributed by atoms with E-state index in [0.717, 1.165) is 27.2 Å². The zero-order valence-electron chi connectivity index (χ0n) is 16.8. The highest BCUT2D eigenvalue weighted by atomic mass is 32.1. The summed E-state index contributed by atoms with van der Waals surface area (Å²) in [6.45, 7) is 0.600. The molecule has 2 heterocycles.